The fraction of sp³-hybridized carbons (Fsp3) is 0.182. The minimum Gasteiger partial charge on any atom is -0.478 e. The maximum Gasteiger partial charge on any atom is 0.328 e. The molecule has 0 unspecified atom stereocenters. The lowest BCUT2D eigenvalue weighted by atomic mass is 10.00. The van der Waals surface area contributed by atoms with Crippen molar-refractivity contribution in [1.82, 2.24) is 0 Å². The third-order valence-electron chi connectivity index (χ3n) is 2.39. The van der Waals surface area contributed by atoms with Crippen LogP contribution in [0.15, 0.2) is 12.1 Å². The Morgan fingerprint density at radius 1 is 1.53 bits per heavy atom. The van der Waals surface area contributed by atoms with Gasteiger partial charge in [-0.3, -0.25) is 10.1 Å². The van der Waals surface area contributed by atoms with Gasteiger partial charge >= 0.3 is 5.97 Å². The molecule has 0 fully saturated rings. The molecule has 0 aliphatic carbocycles. The standard InChI is InChI=1S/C11H12N2O4/c1-6-5-9(12)8(3-4-10(14)15)7(2)11(6)13(16)17/h3-5H,12H2,1-2H3,(H,14,15)/b4-3+. The van der Waals surface area contributed by atoms with Crippen LogP contribution in [0.5, 0.6) is 0 Å². The highest BCUT2D eigenvalue weighted by atomic mass is 16.6. The van der Waals surface area contributed by atoms with Crippen molar-refractivity contribution in [3.63, 3.8) is 0 Å². The molecule has 0 radical (unpaired) electrons. The molecular formula is C11H12N2O4. The van der Waals surface area contributed by atoms with Gasteiger partial charge in [0.1, 0.15) is 0 Å². The molecule has 0 aliphatic heterocycles. The number of carboxylic acid groups (broad SMARTS) is 1. The van der Waals surface area contributed by atoms with Crippen LogP contribution in [-0.2, 0) is 4.79 Å². The van der Waals surface area contributed by atoms with Gasteiger partial charge in [-0.05, 0) is 26.0 Å². The number of nitrogen functional groups attached to an aromatic ring is 1. The molecule has 0 aliphatic rings. The summed E-state index contributed by atoms with van der Waals surface area (Å²) in [5.74, 6) is -1.13. The van der Waals surface area contributed by atoms with Crippen molar-refractivity contribution in [1.29, 1.82) is 0 Å². The van der Waals surface area contributed by atoms with Crippen LogP contribution in [0.2, 0.25) is 0 Å². The number of nitrogens with two attached hydrogens (primary N) is 1. The van der Waals surface area contributed by atoms with Crippen LogP contribution in [0.1, 0.15) is 16.7 Å². The first kappa shape index (κ1) is 12.7. The topological polar surface area (TPSA) is 106 Å². The van der Waals surface area contributed by atoms with Crippen LogP contribution >= 0.6 is 0 Å². The number of carbonyl (C=O) groups is 1. The Hall–Kier alpha value is -2.37. The summed E-state index contributed by atoms with van der Waals surface area (Å²) in [6.45, 7) is 3.13. The number of aliphatic carboxylic acids is 1. The van der Waals surface area contributed by atoms with Crippen molar-refractivity contribution in [3.05, 3.63) is 38.9 Å². The molecule has 0 bridgehead atoms. The number of anilines is 1. The summed E-state index contributed by atoms with van der Waals surface area (Å²) < 4.78 is 0. The first-order chi connectivity index (χ1) is 7.84. The maximum absolute atomic E-state index is 10.9. The second kappa shape index (κ2) is 4.65. The molecule has 0 spiro atoms. The minimum absolute atomic E-state index is 0.0377. The molecule has 6 heteroatoms. The highest BCUT2D eigenvalue weighted by Gasteiger charge is 2.18. The SMILES string of the molecule is Cc1cc(N)c(/C=C/C(=O)O)c(C)c1[N+](=O)[O-]. The van der Waals surface area contributed by atoms with E-state index in [0.29, 0.717) is 22.4 Å². The lowest BCUT2D eigenvalue weighted by molar-refractivity contribution is -0.386. The fourth-order valence-electron chi connectivity index (χ4n) is 1.68. The average molecular weight is 236 g/mol. The van der Waals surface area contributed by atoms with E-state index in [1.54, 1.807) is 13.8 Å². The normalized spacial score (nSPS) is 10.7. The van der Waals surface area contributed by atoms with E-state index in [1.807, 2.05) is 0 Å². The number of rotatable bonds is 3. The summed E-state index contributed by atoms with van der Waals surface area (Å²) in [6, 6.07) is 1.46. The van der Waals surface area contributed by atoms with Gasteiger partial charge in [0.05, 0.1) is 4.92 Å². The van der Waals surface area contributed by atoms with E-state index in [-0.39, 0.29) is 5.69 Å². The number of hydrogen-bond acceptors (Lipinski definition) is 4. The molecule has 0 atom stereocenters. The average Bonchev–Trinajstić information content (AvgIpc) is 2.14. The minimum atomic E-state index is -1.13. The number of hydrogen-bond donors (Lipinski definition) is 2. The molecule has 1 rings (SSSR count). The van der Waals surface area contributed by atoms with Crippen LogP contribution in [0.25, 0.3) is 6.08 Å². The van der Waals surface area contributed by atoms with E-state index < -0.39 is 10.9 Å². The van der Waals surface area contributed by atoms with Gasteiger partial charge in [-0.25, -0.2) is 4.79 Å². The molecule has 0 saturated carbocycles. The van der Waals surface area contributed by atoms with E-state index in [2.05, 4.69) is 0 Å². The van der Waals surface area contributed by atoms with E-state index in [4.69, 9.17) is 10.8 Å². The number of nitrogens with zero attached hydrogens (tertiary/aromatic N) is 1. The molecule has 0 aromatic heterocycles. The van der Waals surface area contributed by atoms with Gasteiger partial charge in [-0.1, -0.05) is 0 Å². The zero-order valence-electron chi connectivity index (χ0n) is 9.43. The summed E-state index contributed by atoms with van der Waals surface area (Å²) in [7, 11) is 0. The van der Waals surface area contributed by atoms with Gasteiger partial charge in [0.15, 0.2) is 0 Å². The predicted molar refractivity (Wildman–Crippen MR) is 63.7 cm³/mol. The lowest BCUT2D eigenvalue weighted by Gasteiger charge is -2.08. The smallest absolute Gasteiger partial charge is 0.328 e. The molecular weight excluding hydrogens is 224 g/mol. The number of benzene rings is 1. The molecule has 1 aromatic carbocycles. The number of nitro groups is 1. The van der Waals surface area contributed by atoms with Crippen LogP contribution in [0.3, 0.4) is 0 Å². The van der Waals surface area contributed by atoms with Gasteiger partial charge < -0.3 is 10.8 Å². The summed E-state index contributed by atoms with van der Waals surface area (Å²) >= 11 is 0. The molecule has 0 amide bonds. The van der Waals surface area contributed by atoms with Crippen LogP contribution in [0.4, 0.5) is 11.4 Å². The number of carboxylic acids is 1. The van der Waals surface area contributed by atoms with Gasteiger partial charge in [0.25, 0.3) is 5.69 Å². The van der Waals surface area contributed by atoms with Crippen LogP contribution < -0.4 is 5.73 Å². The summed E-state index contributed by atoms with van der Waals surface area (Å²) in [4.78, 5) is 20.8. The van der Waals surface area contributed by atoms with Gasteiger partial charge in [0.2, 0.25) is 0 Å². The molecule has 6 nitrogen and oxygen atoms in total. The van der Waals surface area contributed by atoms with Crippen molar-refractivity contribution < 1.29 is 14.8 Å². The highest BCUT2D eigenvalue weighted by Crippen LogP contribution is 2.31. The molecule has 17 heavy (non-hydrogen) atoms. The molecule has 1 aromatic rings. The Morgan fingerprint density at radius 3 is 2.59 bits per heavy atom. The van der Waals surface area contributed by atoms with Crippen molar-refractivity contribution in [2.24, 2.45) is 0 Å². The Kier molecular flexibility index (Phi) is 3.47. The third kappa shape index (κ3) is 2.60. The zero-order valence-corrected chi connectivity index (χ0v) is 9.43. The van der Waals surface area contributed by atoms with E-state index in [0.717, 1.165) is 6.08 Å². The predicted octanol–water partition coefficient (Wildman–Crippen LogP) is 1.89. The first-order valence-electron chi connectivity index (χ1n) is 4.79. The van der Waals surface area contributed by atoms with E-state index in [1.165, 1.54) is 12.1 Å². The highest BCUT2D eigenvalue weighted by molar-refractivity contribution is 5.88. The quantitative estimate of drug-likeness (QED) is 0.360. The van der Waals surface area contributed by atoms with Gasteiger partial charge in [0, 0.05) is 28.5 Å². The largest absolute Gasteiger partial charge is 0.478 e. The molecule has 3 N–H and O–H groups in total. The van der Waals surface area contributed by atoms with Gasteiger partial charge in [-0.2, -0.15) is 0 Å². The summed E-state index contributed by atoms with van der Waals surface area (Å²) in [6.07, 6.45) is 2.16. The summed E-state index contributed by atoms with van der Waals surface area (Å²) in [5, 5.41) is 19.4. The molecule has 90 valence electrons. The van der Waals surface area contributed by atoms with E-state index >= 15 is 0 Å². The zero-order chi connectivity index (χ0) is 13.2. The van der Waals surface area contributed by atoms with E-state index in [9.17, 15) is 14.9 Å². The van der Waals surface area contributed by atoms with Crippen molar-refractivity contribution in [3.8, 4) is 0 Å². The Labute approximate surface area is 97.5 Å². The molecule has 0 saturated heterocycles. The summed E-state index contributed by atoms with van der Waals surface area (Å²) in [5.41, 5.74) is 7.18. The second-order valence-electron chi connectivity index (χ2n) is 3.60. The second-order valence-corrected chi connectivity index (χ2v) is 3.60. The van der Waals surface area contributed by atoms with Crippen molar-refractivity contribution in [2.75, 3.05) is 5.73 Å². The third-order valence-corrected chi connectivity index (χ3v) is 2.39. The van der Waals surface area contributed by atoms with Crippen molar-refractivity contribution in [2.45, 2.75) is 13.8 Å². The number of nitro benzene ring substituents is 1. The lowest BCUT2D eigenvalue weighted by Crippen LogP contribution is -2.01. The first-order valence-corrected chi connectivity index (χ1v) is 4.79. The Balaban J connectivity index is 3.46. The Bertz CT molecular complexity index is 521. The van der Waals surface area contributed by atoms with Crippen LogP contribution in [0, 0.1) is 24.0 Å². The number of aryl methyl sites for hydroxylation is 1. The molecule has 0 heterocycles. The maximum atomic E-state index is 10.9. The monoisotopic (exact) mass is 236 g/mol. The van der Waals surface area contributed by atoms with Crippen LogP contribution in [-0.4, -0.2) is 16.0 Å². The Morgan fingerprint density at radius 2 is 2.12 bits per heavy atom. The fourth-order valence-corrected chi connectivity index (χ4v) is 1.68. The van der Waals surface area contributed by atoms with Gasteiger partial charge in [-0.15, -0.1) is 0 Å². The van der Waals surface area contributed by atoms with Crippen molar-refractivity contribution >= 4 is 23.4 Å².